The van der Waals surface area contributed by atoms with Gasteiger partial charge in [0.1, 0.15) is 5.75 Å². The number of ether oxygens (including phenoxy) is 1. The van der Waals surface area contributed by atoms with Crippen molar-refractivity contribution >= 4 is 39.0 Å². The first-order chi connectivity index (χ1) is 5.76. The summed E-state index contributed by atoms with van der Waals surface area (Å²) in [6, 6.07) is 5.47. The average Bonchev–Trinajstić information content (AvgIpc) is 2.04. The molecule has 0 saturated carbocycles. The second-order valence-electron chi connectivity index (χ2n) is 2.05. The Morgan fingerprint density at radius 3 is 2.83 bits per heavy atom. The van der Waals surface area contributed by atoms with Gasteiger partial charge in [-0.15, -0.1) is 0 Å². The van der Waals surface area contributed by atoms with Crippen LogP contribution in [0.3, 0.4) is 0 Å². The predicted molar refractivity (Wildman–Crippen MR) is 55.4 cm³/mol. The lowest BCUT2D eigenvalue weighted by Gasteiger charge is -2.00. The second kappa shape index (κ2) is 4.36. The normalized spacial score (nSPS) is 8.83. The van der Waals surface area contributed by atoms with Gasteiger partial charge in [-0.1, -0.05) is 15.9 Å². The van der Waals surface area contributed by atoms with E-state index < -0.39 is 0 Å². The van der Waals surface area contributed by atoms with E-state index in [9.17, 15) is 0 Å². The van der Waals surface area contributed by atoms with Gasteiger partial charge in [0.25, 0.3) is 0 Å². The number of nitrogens with zero attached hydrogens (tertiary/aromatic N) is 1. The van der Waals surface area contributed by atoms with Gasteiger partial charge in [-0.25, -0.2) is 0 Å². The molecule has 0 heterocycles. The van der Waals surface area contributed by atoms with E-state index in [-0.39, 0.29) is 0 Å². The van der Waals surface area contributed by atoms with Crippen molar-refractivity contribution in [3.8, 4) is 5.75 Å². The Morgan fingerprint density at radius 1 is 1.50 bits per heavy atom. The van der Waals surface area contributed by atoms with E-state index in [1.165, 1.54) is 0 Å². The number of hydrogen-bond acceptors (Lipinski definition) is 3. The van der Waals surface area contributed by atoms with Crippen LogP contribution in [0.4, 0.5) is 5.69 Å². The number of methoxy groups -OCH3 is 1. The first-order valence-electron chi connectivity index (χ1n) is 3.18. The minimum atomic E-state index is 0.733. The first kappa shape index (κ1) is 9.39. The largest absolute Gasteiger partial charge is 0.497 e. The molecule has 12 heavy (non-hydrogen) atoms. The monoisotopic (exact) mass is 243 g/mol. The molecule has 0 radical (unpaired) electrons. The lowest BCUT2D eigenvalue weighted by Crippen LogP contribution is -1.81. The van der Waals surface area contributed by atoms with Crippen molar-refractivity contribution in [3.05, 3.63) is 22.7 Å². The fourth-order valence-electron chi connectivity index (χ4n) is 0.783. The van der Waals surface area contributed by atoms with E-state index in [4.69, 9.17) is 4.74 Å². The summed E-state index contributed by atoms with van der Waals surface area (Å²) < 4.78 is 5.94. The van der Waals surface area contributed by atoms with Crippen molar-refractivity contribution in [3.63, 3.8) is 0 Å². The average molecular weight is 244 g/mol. The number of aliphatic imine (C=N–C) groups is 1. The van der Waals surface area contributed by atoms with Crippen molar-refractivity contribution in [1.82, 2.24) is 0 Å². The second-order valence-corrected chi connectivity index (χ2v) is 3.15. The van der Waals surface area contributed by atoms with Crippen LogP contribution in [0.5, 0.6) is 5.75 Å². The topological polar surface area (TPSA) is 21.6 Å². The standard InChI is InChI=1S/C8H6BrNOS/c1-11-8-3-6(9)2-7(4-8)10-5-12/h2-4H,1H3. The van der Waals surface area contributed by atoms with E-state index in [0.717, 1.165) is 15.9 Å². The third kappa shape index (κ3) is 2.41. The smallest absolute Gasteiger partial charge is 0.122 e. The minimum absolute atomic E-state index is 0.733. The Labute approximate surface area is 84.4 Å². The molecule has 1 aromatic rings. The molecule has 0 aliphatic heterocycles. The fourth-order valence-corrected chi connectivity index (χ4v) is 1.35. The molecular weight excluding hydrogens is 238 g/mol. The third-order valence-electron chi connectivity index (χ3n) is 1.27. The van der Waals surface area contributed by atoms with Gasteiger partial charge in [0.2, 0.25) is 0 Å². The highest BCUT2D eigenvalue weighted by Crippen LogP contribution is 2.25. The van der Waals surface area contributed by atoms with Gasteiger partial charge in [-0.05, 0) is 24.4 Å². The Morgan fingerprint density at radius 2 is 2.25 bits per heavy atom. The molecule has 0 spiro atoms. The number of hydrogen-bond donors (Lipinski definition) is 0. The summed E-state index contributed by atoms with van der Waals surface area (Å²) in [7, 11) is 1.60. The van der Waals surface area contributed by atoms with Gasteiger partial charge in [0, 0.05) is 10.5 Å². The Balaban J connectivity index is 3.14. The van der Waals surface area contributed by atoms with Crippen molar-refractivity contribution in [1.29, 1.82) is 0 Å². The summed E-state index contributed by atoms with van der Waals surface area (Å²) in [6.45, 7) is 0. The van der Waals surface area contributed by atoms with Gasteiger partial charge < -0.3 is 4.74 Å². The lowest BCUT2D eigenvalue weighted by atomic mass is 10.3. The molecule has 62 valence electrons. The highest BCUT2D eigenvalue weighted by Gasteiger charge is 1.96. The number of isothiocyanates is 1. The lowest BCUT2D eigenvalue weighted by molar-refractivity contribution is 0.414. The Bertz CT molecular complexity index is 334. The van der Waals surface area contributed by atoms with Gasteiger partial charge >= 0.3 is 0 Å². The van der Waals surface area contributed by atoms with E-state index in [0.29, 0.717) is 0 Å². The van der Waals surface area contributed by atoms with Crippen molar-refractivity contribution in [2.24, 2.45) is 4.99 Å². The van der Waals surface area contributed by atoms with E-state index in [1.54, 1.807) is 13.2 Å². The summed E-state index contributed by atoms with van der Waals surface area (Å²) in [5.41, 5.74) is 0.733. The molecule has 4 heteroatoms. The van der Waals surface area contributed by atoms with Crippen molar-refractivity contribution in [2.45, 2.75) is 0 Å². The molecular formula is C8H6BrNOS. The quantitative estimate of drug-likeness (QED) is 0.588. The third-order valence-corrected chi connectivity index (χ3v) is 1.82. The molecule has 0 atom stereocenters. The van der Waals surface area contributed by atoms with E-state index in [2.05, 4.69) is 38.3 Å². The highest BCUT2D eigenvalue weighted by atomic mass is 79.9. The van der Waals surface area contributed by atoms with Crippen LogP contribution in [0.2, 0.25) is 0 Å². The molecule has 2 nitrogen and oxygen atoms in total. The molecule has 0 aliphatic rings. The molecule has 0 N–H and O–H groups in total. The molecule has 0 bridgehead atoms. The molecule has 0 fully saturated rings. The van der Waals surface area contributed by atoms with Crippen LogP contribution >= 0.6 is 28.1 Å². The van der Waals surface area contributed by atoms with Crippen LogP contribution < -0.4 is 4.74 Å². The maximum absolute atomic E-state index is 5.03. The first-order valence-corrected chi connectivity index (χ1v) is 4.39. The van der Waals surface area contributed by atoms with Gasteiger partial charge in [0.05, 0.1) is 18.0 Å². The zero-order valence-electron chi connectivity index (χ0n) is 6.37. The molecule has 1 aromatic carbocycles. The molecule has 0 aliphatic carbocycles. The predicted octanol–water partition coefficient (Wildman–Crippen LogP) is 3.19. The number of benzene rings is 1. The summed E-state index contributed by atoms with van der Waals surface area (Å²) in [6.07, 6.45) is 0. The maximum Gasteiger partial charge on any atom is 0.122 e. The fraction of sp³-hybridized carbons (Fsp3) is 0.125. The Hall–Kier alpha value is -0.700. The van der Waals surface area contributed by atoms with Crippen LogP contribution in [0.25, 0.3) is 0 Å². The molecule has 0 unspecified atom stereocenters. The SMILES string of the molecule is COc1cc(Br)cc(N=C=S)c1. The molecule has 0 amide bonds. The number of halogens is 1. The van der Waals surface area contributed by atoms with E-state index in [1.807, 2.05) is 12.1 Å². The molecule has 0 saturated heterocycles. The summed E-state index contributed by atoms with van der Waals surface area (Å²) >= 11 is 7.81. The maximum atomic E-state index is 5.03. The van der Waals surface area contributed by atoms with Crippen molar-refractivity contribution in [2.75, 3.05) is 7.11 Å². The Kier molecular flexibility index (Phi) is 3.41. The zero-order valence-corrected chi connectivity index (χ0v) is 8.78. The van der Waals surface area contributed by atoms with Gasteiger partial charge in [-0.2, -0.15) is 4.99 Å². The summed E-state index contributed by atoms with van der Waals surface area (Å²) in [5.74, 6) is 0.744. The van der Waals surface area contributed by atoms with E-state index >= 15 is 0 Å². The van der Waals surface area contributed by atoms with Crippen LogP contribution in [-0.4, -0.2) is 12.3 Å². The molecule has 1 rings (SSSR count). The van der Waals surface area contributed by atoms with Crippen molar-refractivity contribution < 1.29 is 4.74 Å². The van der Waals surface area contributed by atoms with Crippen LogP contribution in [0.15, 0.2) is 27.7 Å². The number of thiocarbonyl (C=S) groups is 1. The van der Waals surface area contributed by atoms with Crippen LogP contribution in [0, 0.1) is 0 Å². The summed E-state index contributed by atoms with van der Waals surface area (Å²) in [5, 5.41) is 2.29. The van der Waals surface area contributed by atoms with Gasteiger partial charge in [-0.3, -0.25) is 0 Å². The van der Waals surface area contributed by atoms with Crippen LogP contribution in [0.1, 0.15) is 0 Å². The number of rotatable bonds is 2. The summed E-state index contributed by atoms with van der Waals surface area (Å²) in [4.78, 5) is 3.83. The highest BCUT2D eigenvalue weighted by molar-refractivity contribution is 9.10. The molecule has 0 aromatic heterocycles. The minimum Gasteiger partial charge on any atom is -0.497 e. The van der Waals surface area contributed by atoms with Crippen LogP contribution in [-0.2, 0) is 0 Å². The zero-order chi connectivity index (χ0) is 8.97. The van der Waals surface area contributed by atoms with Gasteiger partial charge in [0.15, 0.2) is 0 Å².